The Balaban J connectivity index is 2.79. The molecule has 14 heavy (non-hydrogen) atoms. The van der Waals surface area contributed by atoms with Crippen molar-refractivity contribution in [3.8, 4) is 0 Å². The highest BCUT2D eigenvalue weighted by Gasteiger charge is 2.18. The second kappa shape index (κ2) is 2.97. The lowest BCUT2D eigenvalue weighted by Gasteiger charge is -1.99. The van der Waals surface area contributed by atoms with Gasteiger partial charge in [0.1, 0.15) is 5.82 Å². The summed E-state index contributed by atoms with van der Waals surface area (Å²) in [6.45, 7) is 0. The first kappa shape index (κ1) is 8.98. The fraction of sp³-hybridized carbons (Fsp3) is 0. The number of hydrogen-bond donors (Lipinski definition) is 4. The molecule has 0 atom stereocenters. The Morgan fingerprint density at radius 2 is 2.14 bits per heavy atom. The molecular formula is C7H7BFN3O2. The number of fused-ring (bicyclic) bond motifs is 1. The van der Waals surface area contributed by atoms with Crippen LogP contribution in [-0.4, -0.2) is 27.1 Å². The van der Waals surface area contributed by atoms with E-state index in [1.165, 1.54) is 6.07 Å². The standard InChI is InChI=1S/C7H7BFN3O2/c9-3-1-4(8(13)14)6-5(2-3)11-7(10)12-6/h1-2,13-14H,(H3,10,11,12). The molecule has 1 aromatic carbocycles. The smallest absolute Gasteiger partial charge is 0.423 e. The molecule has 0 saturated heterocycles. The van der Waals surface area contributed by atoms with E-state index in [4.69, 9.17) is 15.8 Å². The summed E-state index contributed by atoms with van der Waals surface area (Å²) in [5.41, 5.74) is 5.95. The van der Waals surface area contributed by atoms with Gasteiger partial charge in [-0.3, -0.25) is 0 Å². The molecule has 0 amide bonds. The lowest BCUT2D eigenvalue weighted by atomic mass is 9.79. The first-order valence-electron chi connectivity index (χ1n) is 3.88. The van der Waals surface area contributed by atoms with E-state index in [1.54, 1.807) is 0 Å². The van der Waals surface area contributed by atoms with E-state index in [0.29, 0.717) is 5.52 Å². The van der Waals surface area contributed by atoms with Crippen molar-refractivity contribution in [1.29, 1.82) is 0 Å². The monoisotopic (exact) mass is 195 g/mol. The highest BCUT2D eigenvalue weighted by molar-refractivity contribution is 6.61. The number of nitrogens with one attached hydrogen (secondary N) is 1. The number of hydrogen-bond acceptors (Lipinski definition) is 4. The minimum absolute atomic E-state index is 0.00653. The van der Waals surface area contributed by atoms with E-state index < -0.39 is 12.9 Å². The molecule has 5 N–H and O–H groups in total. The molecule has 0 aliphatic carbocycles. The third kappa shape index (κ3) is 1.32. The van der Waals surface area contributed by atoms with Gasteiger partial charge in [-0.25, -0.2) is 9.37 Å². The van der Waals surface area contributed by atoms with Crippen LogP contribution >= 0.6 is 0 Å². The van der Waals surface area contributed by atoms with Crippen molar-refractivity contribution in [3.05, 3.63) is 17.9 Å². The molecule has 0 bridgehead atoms. The molecule has 0 fully saturated rings. The summed E-state index contributed by atoms with van der Waals surface area (Å²) in [5, 5.41) is 17.9. The number of H-pyrrole nitrogens is 1. The largest absolute Gasteiger partial charge is 0.490 e. The van der Waals surface area contributed by atoms with E-state index in [1.807, 2.05) is 0 Å². The van der Waals surface area contributed by atoms with Gasteiger partial charge in [-0.15, -0.1) is 0 Å². The van der Waals surface area contributed by atoms with Gasteiger partial charge >= 0.3 is 7.12 Å². The van der Waals surface area contributed by atoms with Crippen LogP contribution in [0.1, 0.15) is 0 Å². The zero-order valence-electron chi connectivity index (χ0n) is 7.03. The van der Waals surface area contributed by atoms with Gasteiger partial charge in [0, 0.05) is 5.46 Å². The summed E-state index contributed by atoms with van der Waals surface area (Å²) in [5.74, 6) is -0.475. The summed E-state index contributed by atoms with van der Waals surface area (Å²) in [6, 6.07) is 2.19. The number of nitrogen functional groups attached to an aromatic ring is 1. The molecule has 2 rings (SSSR count). The Bertz CT molecular complexity index is 485. The second-order valence-corrected chi connectivity index (χ2v) is 2.89. The molecule has 0 aliphatic heterocycles. The van der Waals surface area contributed by atoms with Crippen molar-refractivity contribution in [2.75, 3.05) is 5.73 Å². The Labute approximate surface area is 78.5 Å². The number of rotatable bonds is 1. The molecule has 72 valence electrons. The predicted octanol–water partition coefficient (Wildman–Crippen LogP) is -1.04. The third-order valence-electron chi connectivity index (χ3n) is 1.88. The molecule has 0 aliphatic rings. The molecule has 2 aromatic rings. The normalized spacial score (nSPS) is 10.8. The topological polar surface area (TPSA) is 95.2 Å². The summed E-state index contributed by atoms with van der Waals surface area (Å²) >= 11 is 0. The van der Waals surface area contributed by atoms with E-state index in [0.717, 1.165) is 6.07 Å². The first-order valence-corrected chi connectivity index (χ1v) is 3.88. The number of aromatic amines is 1. The van der Waals surface area contributed by atoms with E-state index in [9.17, 15) is 4.39 Å². The van der Waals surface area contributed by atoms with Gasteiger partial charge in [0.25, 0.3) is 0 Å². The Kier molecular flexibility index (Phi) is 1.90. The minimum atomic E-state index is -1.77. The maximum absolute atomic E-state index is 13.0. The first-order chi connectivity index (χ1) is 6.58. The highest BCUT2D eigenvalue weighted by Crippen LogP contribution is 2.12. The van der Waals surface area contributed by atoms with Gasteiger partial charge < -0.3 is 20.8 Å². The maximum Gasteiger partial charge on any atom is 0.490 e. The van der Waals surface area contributed by atoms with Crippen LogP contribution in [0.3, 0.4) is 0 Å². The fourth-order valence-corrected chi connectivity index (χ4v) is 1.32. The molecule has 0 saturated carbocycles. The number of nitrogens with zero attached hydrogens (tertiary/aromatic N) is 1. The maximum atomic E-state index is 13.0. The van der Waals surface area contributed by atoms with Crippen molar-refractivity contribution in [2.45, 2.75) is 0 Å². The zero-order valence-corrected chi connectivity index (χ0v) is 7.03. The van der Waals surface area contributed by atoms with E-state index in [2.05, 4.69) is 9.97 Å². The Hall–Kier alpha value is -1.60. The molecule has 0 unspecified atom stereocenters. The van der Waals surface area contributed by atoms with Crippen molar-refractivity contribution >= 4 is 29.6 Å². The van der Waals surface area contributed by atoms with Crippen LogP contribution in [0.5, 0.6) is 0 Å². The quantitative estimate of drug-likeness (QED) is 0.437. The SMILES string of the molecule is Nc1nc2c(B(O)O)cc(F)cc2[nH]1. The summed E-state index contributed by atoms with van der Waals surface area (Å²) in [4.78, 5) is 6.41. The molecule has 7 heteroatoms. The summed E-state index contributed by atoms with van der Waals surface area (Å²) in [7, 11) is -1.77. The lowest BCUT2D eigenvalue weighted by Crippen LogP contribution is -2.31. The minimum Gasteiger partial charge on any atom is -0.423 e. The molecular weight excluding hydrogens is 188 g/mol. The molecule has 0 spiro atoms. The molecule has 1 aromatic heterocycles. The van der Waals surface area contributed by atoms with Crippen LogP contribution in [0.2, 0.25) is 0 Å². The average Bonchev–Trinajstić information content (AvgIpc) is 2.42. The Morgan fingerprint density at radius 1 is 1.43 bits per heavy atom. The zero-order chi connectivity index (χ0) is 10.3. The average molecular weight is 195 g/mol. The van der Waals surface area contributed by atoms with E-state index >= 15 is 0 Å². The van der Waals surface area contributed by atoms with Gasteiger partial charge in [0.2, 0.25) is 0 Å². The van der Waals surface area contributed by atoms with Gasteiger partial charge in [-0.05, 0) is 12.1 Å². The van der Waals surface area contributed by atoms with Gasteiger partial charge in [0.05, 0.1) is 11.0 Å². The van der Waals surface area contributed by atoms with E-state index in [-0.39, 0.29) is 16.9 Å². The van der Waals surface area contributed by atoms with Crippen molar-refractivity contribution in [3.63, 3.8) is 0 Å². The van der Waals surface area contributed by atoms with Crippen LogP contribution in [0, 0.1) is 5.82 Å². The van der Waals surface area contributed by atoms with Crippen LogP contribution in [-0.2, 0) is 0 Å². The van der Waals surface area contributed by atoms with Gasteiger partial charge in [0.15, 0.2) is 5.95 Å². The van der Waals surface area contributed by atoms with Crippen molar-refractivity contribution < 1.29 is 14.4 Å². The molecule has 0 radical (unpaired) electrons. The summed E-state index contributed by atoms with van der Waals surface area (Å²) in [6.07, 6.45) is 0. The number of anilines is 1. The number of aromatic nitrogens is 2. The van der Waals surface area contributed by atoms with Crippen molar-refractivity contribution in [1.82, 2.24) is 9.97 Å². The molecule has 5 nitrogen and oxygen atoms in total. The highest BCUT2D eigenvalue weighted by atomic mass is 19.1. The van der Waals surface area contributed by atoms with Crippen LogP contribution in [0.25, 0.3) is 11.0 Å². The fourth-order valence-electron chi connectivity index (χ4n) is 1.32. The van der Waals surface area contributed by atoms with Crippen LogP contribution in [0.15, 0.2) is 12.1 Å². The third-order valence-corrected chi connectivity index (χ3v) is 1.88. The van der Waals surface area contributed by atoms with Gasteiger partial charge in [-0.1, -0.05) is 0 Å². The number of imidazole rings is 1. The number of halogens is 1. The number of benzene rings is 1. The van der Waals surface area contributed by atoms with Crippen molar-refractivity contribution in [2.24, 2.45) is 0 Å². The Morgan fingerprint density at radius 3 is 2.79 bits per heavy atom. The number of nitrogens with two attached hydrogens (primary N) is 1. The molecule has 1 heterocycles. The summed E-state index contributed by atoms with van der Waals surface area (Å²) < 4.78 is 13.0. The predicted molar refractivity (Wildman–Crippen MR) is 50.3 cm³/mol. The van der Waals surface area contributed by atoms with Gasteiger partial charge in [-0.2, -0.15) is 0 Å². The second-order valence-electron chi connectivity index (χ2n) is 2.89. The lowest BCUT2D eigenvalue weighted by molar-refractivity contribution is 0.426. The van der Waals surface area contributed by atoms with Crippen LogP contribution in [0.4, 0.5) is 10.3 Å². The van der Waals surface area contributed by atoms with Crippen LogP contribution < -0.4 is 11.2 Å².